The summed E-state index contributed by atoms with van der Waals surface area (Å²) in [5.74, 6) is 0.729. The molecule has 0 unspecified atom stereocenters. The molecule has 0 amide bonds. The Hall–Kier alpha value is -1.16. The van der Waals surface area contributed by atoms with Gasteiger partial charge < -0.3 is 10.2 Å². The SMILES string of the molecule is CCCCCN(C)Cc1ccnc(NCC)n1. The van der Waals surface area contributed by atoms with E-state index in [2.05, 4.69) is 34.2 Å². The van der Waals surface area contributed by atoms with E-state index in [1.807, 2.05) is 19.2 Å². The summed E-state index contributed by atoms with van der Waals surface area (Å²) in [4.78, 5) is 11.0. The predicted molar refractivity (Wildman–Crippen MR) is 72.1 cm³/mol. The highest BCUT2D eigenvalue weighted by atomic mass is 15.1. The number of aromatic nitrogens is 2. The first-order valence-corrected chi connectivity index (χ1v) is 6.50. The maximum Gasteiger partial charge on any atom is 0.222 e. The lowest BCUT2D eigenvalue weighted by molar-refractivity contribution is 0.314. The maximum atomic E-state index is 4.47. The number of hydrogen-bond acceptors (Lipinski definition) is 4. The number of rotatable bonds is 8. The second-order valence-electron chi connectivity index (χ2n) is 4.35. The van der Waals surface area contributed by atoms with Gasteiger partial charge in [-0.05, 0) is 33.0 Å². The first-order valence-electron chi connectivity index (χ1n) is 6.50. The zero-order chi connectivity index (χ0) is 12.5. The van der Waals surface area contributed by atoms with Crippen molar-refractivity contribution >= 4 is 5.95 Å². The van der Waals surface area contributed by atoms with Crippen molar-refractivity contribution in [3.05, 3.63) is 18.0 Å². The highest BCUT2D eigenvalue weighted by Crippen LogP contribution is 2.04. The van der Waals surface area contributed by atoms with E-state index < -0.39 is 0 Å². The van der Waals surface area contributed by atoms with Crippen LogP contribution >= 0.6 is 0 Å². The summed E-state index contributed by atoms with van der Waals surface area (Å²) in [7, 11) is 2.14. The zero-order valence-electron chi connectivity index (χ0n) is 11.2. The van der Waals surface area contributed by atoms with Crippen molar-refractivity contribution in [3.63, 3.8) is 0 Å². The number of anilines is 1. The van der Waals surface area contributed by atoms with Crippen LogP contribution in [0.15, 0.2) is 12.3 Å². The van der Waals surface area contributed by atoms with E-state index in [9.17, 15) is 0 Å². The molecular formula is C13H24N4. The fraction of sp³-hybridized carbons (Fsp3) is 0.692. The molecule has 0 atom stereocenters. The van der Waals surface area contributed by atoms with E-state index in [-0.39, 0.29) is 0 Å². The number of nitrogens with one attached hydrogen (secondary N) is 1. The Morgan fingerprint density at radius 1 is 1.29 bits per heavy atom. The van der Waals surface area contributed by atoms with Gasteiger partial charge >= 0.3 is 0 Å². The van der Waals surface area contributed by atoms with Crippen LogP contribution < -0.4 is 5.32 Å². The van der Waals surface area contributed by atoms with Gasteiger partial charge in [-0.15, -0.1) is 0 Å². The van der Waals surface area contributed by atoms with Crippen molar-refractivity contribution in [1.82, 2.24) is 14.9 Å². The summed E-state index contributed by atoms with van der Waals surface area (Å²) in [5.41, 5.74) is 1.08. The third kappa shape index (κ3) is 5.63. The Bertz CT molecular complexity index is 314. The molecule has 4 nitrogen and oxygen atoms in total. The summed E-state index contributed by atoms with van der Waals surface area (Å²) in [6.45, 7) is 7.16. The Balaban J connectivity index is 2.41. The zero-order valence-corrected chi connectivity index (χ0v) is 11.2. The largest absolute Gasteiger partial charge is 0.354 e. The second-order valence-corrected chi connectivity index (χ2v) is 4.35. The Kier molecular flexibility index (Phi) is 6.55. The van der Waals surface area contributed by atoms with Crippen LogP contribution in [0.3, 0.4) is 0 Å². The van der Waals surface area contributed by atoms with Gasteiger partial charge in [0.15, 0.2) is 0 Å². The molecule has 0 saturated heterocycles. The van der Waals surface area contributed by atoms with Gasteiger partial charge in [-0.3, -0.25) is 0 Å². The molecule has 0 spiro atoms. The van der Waals surface area contributed by atoms with E-state index in [0.29, 0.717) is 0 Å². The molecule has 1 aromatic rings. The average molecular weight is 236 g/mol. The third-order valence-corrected chi connectivity index (χ3v) is 2.62. The topological polar surface area (TPSA) is 41.1 Å². The summed E-state index contributed by atoms with van der Waals surface area (Å²) < 4.78 is 0. The minimum atomic E-state index is 0.729. The highest BCUT2D eigenvalue weighted by Gasteiger charge is 2.02. The van der Waals surface area contributed by atoms with Gasteiger partial charge in [0, 0.05) is 19.3 Å². The number of hydrogen-bond donors (Lipinski definition) is 1. The van der Waals surface area contributed by atoms with E-state index in [0.717, 1.165) is 31.3 Å². The minimum absolute atomic E-state index is 0.729. The van der Waals surface area contributed by atoms with Crippen LogP contribution in [0.4, 0.5) is 5.95 Å². The minimum Gasteiger partial charge on any atom is -0.354 e. The Morgan fingerprint density at radius 3 is 2.82 bits per heavy atom. The molecule has 1 rings (SSSR count). The lowest BCUT2D eigenvalue weighted by Crippen LogP contribution is -2.20. The summed E-state index contributed by atoms with van der Waals surface area (Å²) in [6.07, 6.45) is 5.65. The molecule has 1 heterocycles. The monoisotopic (exact) mass is 236 g/mol. The molecule has 1 aromatic heterocycles. The molecule has 1 N–H and O–H groups in total. The van der Waals surface area contributed by atoms with Crippen molar-refractivity contribution in [2.45, 2.75) is 39.7 Å². The smallest absolute Gasteiger partial charge is 0.222 e. The van der Waals surface area contributed by atoms with Gasteiger partial charge in [-0.25, -0.2) is 9.97 Å². The molecule has 96 valence electrons. The van der Waals surface area contributed by atoms with Gasteiger partial charge in [0.1, 0.15) is 0 Å². The fourth-order valence-corrected chi connectivity index (χ4v) is 1.71. The standard InChI is InChI=1S/C13H24N4/c1-4-6-7-10-17(3)11-12-8-9-15-13(16-12)14-5-2/h8-9H,4-7,10-11H2,1-3H3,(H,14,15,16). The molecule has 0 saturated carbocycles. The maximum absolute atomic E-state index is 4.47. The molecule has 4 heteroatoms. The number of unbranched alkanes of at least 4 members (excludes halogenated alkanes) is 2. The highest BCUT2D eigenvalue weighted by molar-refractivity contribution is 5.24. The molecule has 0 bridgehead atoms. The van der Waals surface area contributed by atoms with Gasteiger partial charge in [-0.2, -0.15) is 0 Å². The molecular weight excluding hydrogens is 212 g/mol. The van der Waals surface area contributed by atoms with E-state index >= 15 is 0 Å². The first-order chi connectivity index (χ1) is 8.26. The molecule has 0 aromatic carbocycles. The predicted octanol–water partition coefficient (Wildman–Crippen LogP) is 2.53. The fourth-order valence-electron chi connectivity index (χ4n) is 1.71. The number of nitrogens with zero attached hydrogens (tertiary/aromatic N) is 3. The van der Waals surface area contributed by atoms with Crippen LogP contribution in [0.1, 0.15) is 38.8 Å². The van der Waals surface area contributed by atoms with E-state index in [1.54, 1.807) is 0 Å². The average Bonchev–Trinajstić information content (AvgIpc) is 2.30. The molecule has 0 aliphatic heterocycles. The van der Waals surface area contributed by atoms with Gasteiger partial charge in [-0.1, -0.05) is 19.8 Å². The van der Waals surface area contributed by atoms with Crippen molar-refractivity contribution in [2.75, 3.05) is 25.5 Å². The van der Waals surface area contributed by atoms with Crippen molar-refractivity contribution in [1.29, 1.82) is 0 Å². The van der Waals surface area contributed by atoms with Crippen molar-refractivity contribution in [3.8, 4) is 0 Å². The van der Waals surface area contributed by atoms with Gasteiger partial charge in [0.05, 0.1) is 5.69 Å². The lowest BCUT2D eigenvalue weighted by atomic mass is 10.2. The molecule has 0 aliphatic carbocycles. The van der Waals surface area contributed by atoms with Crippen LogP contribution in [0, 0.1) is 0 Å². The first kappa shape index (κ1) is 13.9. The second kappa shape index (κ2) is 8.01. The Labute approximate surface area is 104 Å². The molecule has 17 heavy (non-hydrogen) atoms. The van der Waals surface area contributed by atoms with Gasteiger partial charge in [0.25, 0.3) is 0 Å². The van der Waals surface area contributed by atoms with Crippen molar-refractivity contribution in [2.24, 2.45) is 0 Å². The van der Waals surface area contributed by atoms with Crippen LogP contribution in [-0.2, 0) is 6.54 Å². The molecule has 0 aliphatic rings. The van der Waals surface area contributed by atoms with Gasteiger partial charge in [0.2, 0.25) is 5.95 Å². The quantitative estimate of drug-likeness (QED) is 0.704. The Morgan fingerprint density at radius 2 is 2.12 bits per heavy atom. The molecule has 0 fully saturated rings. The molecule has 0 radical (unpaired) electrons. The summed E-state index contributed by atoms with van der Waals surface area (Å²) in [6, 6.07) is 1.98. The lowest BCUT2D eigenvalue weighted by Gasteiger charge is -2.16. The summed E-state index contributed by atoms with van der Waals surface area (Å²) >= 11 is 0. The van der Waals surface area contributed by atoms with Crippen LogP contribution in [0.25, 0.3) is 0 Å². The van der Waals surface area contributed by atoms with Crippen molar-refractivity contribution < 1.29 is 0 Å². The van der Waals surface area contributed by atoms with Crippen LogP contribution in [0.2, 0.25) is 0 Å². The van der Waals surface area contributed by atoms with E-state index in [4.69, 9.17) is 0 Å². The van der Waals surface area contributed by atoms with Crippen LogP contribution in [0.5, 0.6) is 0 Å². The van der Waals surface area contributed by atoms with Crippen LogP contribution in [-0.4, -0.2) is 35.0 Å². The normalized spacial score (nSPS) is 10.8. The summed E-state index contributed by atoms with van der Waals surface area (Å²) in [5, 5.41) is 3.13. The van der Waals surface area contributed by atoms with E-state index in [1.165, 1.54) is 19.3 Å². The third-order valence-electron chi connectivity index (χ3n) is 2.62.